The third-order valence-corrected chi connectivity index (χ3v) is 4.12. The maximum absolute atomic E-state index is 11.9. The second-order valence-electron chi connectivity index (χ2n) is 6.15. The number of ether oxygens (including phenoxy) is 3. The number of nitrogens with one attached hydrogen (secondary N) is 2. The molecule has 0 aromatic heterocycles. The zero-order valence-corrected chi connectivity index (χ0v) is 14.8. The zero-order chi connectivity index (χ0) is 18.8. The van der Waals surface area contributed by atoms with Crippen LogP contribution in [0.4, 0.5) is 9.59 Å². The van der Waals surface area contributed by atoms with E-state index in [1.807, 2.05) is 30.3 Å². The van der Waals surface area contributed by atoms with Gasteiger partial charge in [-0.3, -0.25) is 0 Å². The van der Waals surface area contributed by atoms with Gasteiger partial charge < -0.3 is 30.0 Å². The first-order valence-electron chi connectivity index (χ1n) is 8.67. The second kappa shape index (κ2) is 10.6. The standard InChI is InChI=1S/C18H26N2O6/c1-24-10-9-19-17(22)26-16-8-7-14(11-15(16)21)20-18(23)25-12-13-5-3-2-4-6-13/h2-6,14-16,21H,7-12H2,1H3,(H,19,22)(H,20,23)/t14-,15-,16-/m0/s1. The Morgan fingerprint density at radius 3 is 2.65 bits per heavy atom. The van der Waals surface area contributed by atoms with Crippen LogP contribution in [0.2, 0.25) is 0 Å². The molecule has 0 unspecified atom stereocenters. The molecule has 0 aliphatic heterocycles. The average Bonchev–Trinajstić information content (AvgIpc) is 2.63. The summed E-state index contributed by atoms with van der Waals surface area (Å²) >= 11 is 0. The Balaban J connectivity index is 1.67. The number of hydrogen-bond donors (Lipinski definition) is 3. The van der Waals surface area contributed by atoms with E-state index in [-0.39, 0.29) is 12.6 Å². The molecular formula is C18H26N2O6. The summed E-state index contributed by atoms with van der Waals surface area (Å²) in [6.07, 6.45) is -1.18. The summed E-state index contributed by atoms with van der Waals surface area (Å²) in [5, 5.41) is 15.4. The fourth-order valence-electron chi connectivity index (χ4n) is 2.75. The number of hydrogen-bond acceptors (Lipinski definition) is 6. The Morgan fingerprint density at radius 2 is 1.96 bits per heavy atom. The second-order valence-corrected chi connectivity index (χ2v) is 6.15. The number of carbonyl (C=O) groups excluding carboxylic acids is 2. The third kappa shape index (κ3) is 6.89. The fourth-order valence-corrected chi connectivity index (χ4v) is 2.75. The quantitative estimate of drug-likeness (QED) is 0.633. The summed E-state index contributed by atoms with van der Waals surface area (Å²) in [5.74, 6) is 0. The number of aliphatic hydroxyl groups is 1. The summed E-state index contributed by atoms with van der Waals surface area (Å²) in [6, 6.07) is 9.17. The number of carbonyl (C=O) groups is 2. The highest BCUT2D eigenvalue weighted by molar-refractivity contribution is 5.68. The van der Waals surface area contributed by atoms with E-state index < -0.39 is 24.4 Å². The Bertz CT molecular complexity index is 568. The van der Waals surface area contributed by atoms with Crippen LogP contribution >= 0.6 is 0 Å². The van der Waals surface area contributed by atoms with Crippen LogP contribution in [-0.2, 0) is 20.8 Å². The van der Waals surface area contributed by atoms with Crippen LogP contribution in [-0.4, -0.2) is 55.8 Å². The third-order valence-electron chi connectivity index (χ3n) is 4.12. The summed E-state index contributed by atoms with van der Waals surface area (Å²) in [4.78, 5) is 23.5. The number of benzene rings is 1. The monoisotopic (exact) mass is 366 g/mol. The van der Waals surface area contributed by atoms with Crippen LogP contribution < -0.4 is 10.6 Å². The lowest BCUT2D eigenvalue weighted by Crippen LogP contribution is -2.47. The van der Waals surface area contributed by atoms with Crippen molar-refractivity contribution in [3.8, 4) is 0 Å². The molecule has 0 spiro atoms. The Morgan fingerprint density at radius 1 is 1.19 bits per heavy atom. The van der Waals surface area contributed by atoms with Crippen LogP contribution in [0.3, 0.4) is 0 Å². The van der Waals surface area contributed by atoms with Gasteiger partial charge in [-0.2, -0.15) is 0 Å². The van der Waals surface area contributed by atoms with Crippen molar-refractivity contribution in [3.63, 3.8) is 0 Å². The van der Waals surface area contributed by atoms with Crippen molar-refractivity contribution in [3.05, 3.63) is 35.9 Å². The van der Waals surface area contributed by atoms with Crippen molar-refractivity contribution >= 4 is 12.2 Å². The van der Waals surface area contributed by atoms with Gasteiger partial charge in [0.05, 0.1) is 12.7 Å². The van der Waals surface area contributed by atoms with Crippen LogP contribution in [0.15, 0.2) is 30.3 Å². The van der Waals surface area contributed by atoms with Crippen molar-refractivity contribution in [1.82, 2.24) is 10.6 Å². The normalized spacial score (nSPS) is 22.3. The summed E-state index contributed by atoms with van der Waals surface area (Å²) in [7, 11) is 1.54. The molecule has 0 saturated heterocycles. The number of alkyl carbamates (subject to hydrolysis) is 2. The topological polar surface area (TPSA) is 106 Å². The predicted molar refractivity (Wildman–Crippen MR) is 93.6 cm³/mol. The fraction of sp³-hybridized carbons (Fsp3) is 0.556. The molecule has 8 nitrogen and oxygen atoms in total. The van der Waals surface area contributed by atoms with Crippen molar-refractivity contribution in [2.75, 3.05) is 20.3 Å². The van der Waals surface area contributed by atoms with Gasteiger partial charge in [-0.15, -0.1) is 0 Å². The molecule has 1 aliphatic rings. The largest absolute Gasteiger partial charge is 0.445 e. The highest BCUT2D eigenvalue weighted by atomic mass is 16.6. The molecule has 1 aromatic rings. The SMILES string of the molecule is COCCNC(=O)O[C@H]1CC[C@H](NC(=O)OCc2ccccc2)C[C@@H]1O. The average molecular weight is 366 g/mol. The van der Waals surface area contributed by atoms with Gasteiger partial charge in [0.25, 0.3) is 0 Å². The van der Waals surface area contributed by atoms with Crippen molar-refractivity contribution in [2.24, 2.45) is 0 Å². The lowest BCUT2D eigenvalue weighted by Gasteiger charge is -2.32. The van der Waals surface area contributed by atoms with E-state index in [2.05, 4.69) is 10.6 Å². The van der Waals surface area contributed by atoms with E-state index in [9.17, 15) is 14.7 Å². The van der Waals surface area contributed by atoms with E-state index in [4.69, 9.17) is 14.2 Å². The highest BCUT2D eigenvalue weighted by Gasteiger charge is 2.32. The van der Waals surface area contributed by atoms with Gasteiger partial charge in [0.2, 0.25) is 0 Å². The van der Waals surface area contributed by atoms with Crippen LogP contribution in [0.5, 0.6) is 0 Å². The van der Waals surface area contributed by atoms with Crippen molar-refractivity contribution < 1.29 is 28.9 Å². The molecule has 1 saturated carbocycles. The first-order chi connectivity index (χ1) is 12.6. The van der Waals surface area contributed by atoms with Gasteiger partial charge in [0.1, 0.15) is 12.7 Å². The molecule has 1 fully saturated rings. The number of aliphatic hydroxyl groups excluding tert-OH is 1. The molecule has 0 radical (unpaired) electrons. The van der Waals surface area contributed by atoms with E-state index in [1.165, 1.54) is 7.11 Å². The lowest BCUT2D eigenvalue weighted by molar-refractivity contribution is -0.0292. The van der Waals surface area contributed by atoms with E-state index >= 15 is 0 Å². The summed E-state index contributed by atoms with van der Waals surface area (Å²) in [6.45, 7) is 0.921. The van der Waals surface area contributed by atoms with Gasteiger partial charge in [-0.1, -0.05) is 30.3 Å². The molecule has 3 N–H and O–H groups in total. The van der Waals surface area contributed by atoms with Gasteiger partial charge >= 0.3 is 12.2 Å². The molecular weight excluding hydrogens is 340 g/mol. The summed E-state index contributed by atoms with van der Waals surface area (Å²) < 4.78 is 15.2. The molecule has 1 aromatic carbocycles. The minimum absolute atomic E-state index is 0.190. The van der Waals surface area contributed by atoms with Crippen molar-refractivity contribution in [2.45, 2.75) is 44.1 Å². The zero-order valence-electron chi connectivity index (χ0n) is 14.8. The van der Waals surface area contributed by atoms with Crippen LogP contribution in [0.1, 0.15) is 24.8 Å². The van der Waals surface area contributed by atoms with Gasteiger partial charge in [-0.05, 0) is 24.8 Å². The molecule has 144 valence electrons. The minimum atomic E-state index is -0.837. The maximum Gasteiger partial charge on any atom is 0.407 e. The molecule has 8 heteroatoms. The molecule has 2 rings (SSSR count). The number of amides is 2. The molecule has 26 heavy (non-hydrogen) atoms. The Labute approximate surface area is 152 Å². The molecule has 0 bridgehead atoms. The number of rotatable bonds is 7. The molecule has 0 heterocycles. The van der Waals surface area contributed by atoms with Gasteiger partial charge in [0.15, 0.2) is 0 Å². The number of methoxy groups -OCH3 is 1. The Kier molecular flexibility index (Phi) is 8.17. The van der Waals surface area contributed by atoms with Crippen LogP contribution in [0, 0.1) is 0 Å². The lowest BCUT2D eigenvalue weighted by atomic mass is 9.90. The smallest absolute Gasteiger partial charge is 0.407 e. The van der Waals surface area contributed by atoms with Crippen LogP contribution in [0.25, 0.3) is 0 Å². The summed E-state index contributed by atoms with van der Waals surface area (Å²) in [5.41, 5.74) is 0.902. The molecule has 3 atom stereocenters. The molecule has 2 amide bonds. The molecule has 1 aliphatic carbocycles. The van der Waals surface area contributed by atoms with E-state index in [0.29, 0.717) is 32.4 Å². The minimum Gasteiger partial charge on any atom is -0.445 e. The van der Waals surface area contributed by atoms with E-state index in [0.717, 1.165) is 5.56 Å². The highest BCUT2D eigenvalue weighted by Crippen LogP contribution is 2.22. The maximum atomic E-state index is 11.9. The van der Waals surface area contributed by atoms with Gasteiger partial charge in [-0.25, -0.2) is 9.59 Å². The van der Waals surface area contributed by atoms with Gasteiger partial charge in [0, 0.05) is 19.7 Å². The first kappa shape index (κ1) is 20.0. The predicted octanol–water partition coefficient (Wildman–Crippen LogP) is 1.57. The van der Waals surface area contributed by atoms with Crippen molar-refractivity contribution in [1.29, 1.82) is 0 Å². The van der Waals surface area contributed by atoms with E-state index in [1.54, 1.807) is 0 Å². The Hall–Kier alpha value is -2.32. The first-order valence-corrected chi connectivity index (χ1v) is 8.67.